The Balaban J connectivity index is 1.76. The predicted molar refractivity (Wildman–Crippen MR) is 111 cm³/mol. The number of fused-ring (bicyclic) bond motifs is 1. The van der Waals surface area contributed by atoms with Gasteiger partial charge in [-0.15, -0.1) is 0 Å². The van der Waals surface area contributed by atoms with Crippen molar-refractivity contribution in [1.29, 1.82) is 0 Å². The number of urea groups is 1. The van der Waals surface area contributed by atoms with Gasteiger partial charge in [-0.2, -0.15) is 0 Å². The number of pyridine rings is 1. The molecule has 0 aliphatic carbocycles. The van der Waals surface area contributed by atoms with Crippen molar-refractivity contribution in [3.8, 4) is 11.5 Å². The summed E-state index contributed by atoms with van der Waals surface area (Å²) in [6.45, 7) is 0.584. The molecule has 0 spiro atoms. The van der Waals surface area contributed by atoms with E-state index in [9.17, 15) is 4.79 Å². The highest BCUT2D eigenvalue weighted by atomic mass is 16.5. The normalized spacial score (nSPS) is 15.4. The first-order valence-electron chi connectivity index (χ1n) is 9.49. The summed E-state index contributed by atoms with van der Waals surface area (Å²) in [7, 11) is 3.25. The largest absolute Gasteiger partial charge is 0.493 e. The average molecular weight is 389 g/mol. The maximum Gasteiger partial charge on any atom is 0.323 e. The summed E-state index contributed by atoms with van der Waals surface area (Å²) in [5.41, 5.74) is 3.23. The van der Waals surface area contributed by atoms with Crippen molar-refractivity contribution >= 4 is 11.8 Å². The van der Waals surface area contributed by atoms with Crippen molar-refractivity contribution in [2.45, 2.75) is 12.5 Å². The fourth-order valence-corrected chi connectivity index (χ4v) is 3.78. The van der Waals surface area contributed by atoms with Crippen molar-refractivity contribution < 1.29 is 14.3 Å². The molecule has 1 atom stereocenters. The van der Waals surface area contributed by atoms with E-state index in [0.717, 1.165) is 23.1 Å². The second-order valence-electron chi connectivity index (χ2n) is 6.81. The molecule has 6 heteroatoms. The Morgan fingerprint density at radius 2 is 1.76 bits per heavy atom. The third-order valence-electron chi connectivity index (χ3n) is 5.15. The Kier molecular flexibility index (Phi) is 5.33. The molecular formula is C23H23N3O3. The van der Waals surface area contributed by atoms with Crippen LogP contribution < -0.4 is 14.8 Å². The number of hydrogen-bond donors (Lipinski definition) is 1. The Labute approximate surface area is 170 Å². The number of aromatic nitrogens is 1. The van der Waals surface area contributed by atoms with Gasteiger partial charge < -0.3 is 14.4 Å². The number of ether oxygens (including phenoxy) is 2. The molecule has 2 heterocycles. The number of rotatable bonds is 4. The molecule has 0 saturated carbocycles. The minimum Gasteiger partial charge on any atom is -0.493 e. The van der Waals surface area contributed by atoms with E-state index in [1.807, 2.05) is 59.5 Å². The second kappa shape index (κ2) is 8.22. The van der Waals surface area contributed by atoms with Crippen molar-refractivity contribution in [2.24, 2.45) is 0 Å². The fourth-order valence-electron chi connectivity index (χ4n) is 3.78. The molecule has 29 heavy (non-hydrogen) atoms. The van der Waals surface area contributed by atoms with Crippen LogP contribution in [0.25, 0.3) is 0 Å². The SMILES string of the molecule is COc1cc2c(cc1OC)[C@H](c1ccccc1)N(C(=O)Nc1ccccn1)CC2. The molecule has 148 valence electrons. The van der Waals surface area contributed by atoms with E-state index in [1.54, 1.807) is 26.5 Å². The van der Waals surface area contributed by atoms with Crippen LogP contribution in [0, 0.1) is 0 Å². The van der Waals surface area contributed by atoms with Crippen molar-refractivity contribution in [1.82, 2.24) is 9.88 Å². The first kappa shape index (κ1) is 18.8. The van der Waals surface area contributed by atoms with Crippen LogP contribution in [0.5, 0.6) is 11.5 Å². The van der Waals surface area contributed by atoms with Crippen molar-refractivity contribution in [2.75, 3.05) is 26.1 Å². The molecule has 1 aliphatic rings. The molecule has 1 aromatic heterocycles. The molecule has 2 amide bonds. The lowest BCUT2D eigenvalue weighted by Gasteiger charge is -2.38. The number of carbonyl (C=O) groups is 1. The van der Waals surface area contributed by atoms with E-state index in [1.165, 1.54) is 0 Å². The quantitative estimate of drug-likeness (QED) is 0.723. The van der Waals surface area contributed by atoms with Gasteiger partial charge >= 0.3 is 6.03 Å². The van der Waals surface area contributed by atoms with Gasteiger partial charge in [-0.05, 0) is 47.4 Å². The minimum atomic E-state index is -0.233. The van der Waals surface area contributed by atoms with Crippen LogP contribution in [0.2, 0.25) is 0 Å². The summed E-state index contributed by atoms with van der Waals surface area (Å²) in [6, 6.07) is 19.0. The van der Waals surface area contributed by atoms with Gasteiger partial charge in [-0.1, -0.05) is 36.4 Å². The predicted octanol–water partition coefficient (Wildman–Crippen LogP) is 4.28. The summed E-state index contributed by atoms with van der Waals surface area (Å²) < 4.78 is 11.0. The van der Waals surface area contributed by atoms with Gasteiger partial charge in [0.25, 0.3) is 0 Å². The lowest BCUT2D eigenvalue weighted by atomic mass is 9.88. The van der Waals surface area contributed by atoms with E-state index in [-0.39, 0.29) is 12.1 Å². The van der Waals surface area contributed by atoms with Crippen LogP contribution in [0.3, 0.4) is 0 Å². The number of nitrogens with one attached hydrogen (secondary N) is 1. The summed E-state index contributed by atoms with van der Waals surface area (Å²) in [6.07, 6.45) is 2.39. The zero-order valence-electron chi connectivity index (χ0n) is 16.5. The smallest absolute Gasteiger partial charge is 0.323 e. The maximum absolute atomic E-state index is 13.2. The molecule has 0 radical (unpaired) electrons. The standard InChI is InChI=1S/C23H23N3O3/c1-28-19-14-17-11-13-26(23(27)25-21-10-6-7-12-24-21)22(16-8-4-3-5-9-16)18(17)15-20(19)29-2/h3-10,12,14-15,22H,11,13H2,1-2H3,(H,24,25,27)/t22-/m0/s1. The van der Waals surface area contributed by atoms with Gasteiger partial charge in [-0.3, -0.25) is 5.32 Å². The molecule has 0 fully saturated rings. The summed E-state index contributed by atoms with van der Waals surface area (Å²) in [4.78, 5) is 19.2. The Morgan fingerprint density at radius 1 is 1.03 bits per heavy atom. The van der Waals surface area contributed by atoms with Crippen LogP contribution >= 0.6 is 0 Å². The molecule has 1 aliphatic heterocycles. The Hall–Kier alpha value is -3.54. The van der Waals surface area contributed by atoms with Gasteiger partial charge in [0.1, 0.15) is 5.82 Å². The van der Waals surface area contributed by atoms with Gasteiger partial charge in [0.2, 0.25) is 0 Å². The Morgan fingerprint density at radius 3 is 2.45 bits per heavy atom. The van der Waals surface area contributed by atoms with Gasteiger partial charge in [0.05, 0.1) is 20.3 Å². The molecule has 3 aromatic rings. The average Bonchev–Trinajstić information content (AvgIpc) is 2.78. The highest BCUT2D eigenvalue weighted by molar-refractivity contribution is 5.89. The van der Waals surface area contributed by atoms with Crippen LogP contribution in [0.4, 0.5) is 10.6 Å². The monoisotopic (exact) mass is 389 g/mol. The van der Waals surface area contributed by atoms with E-state index >= 15 is 0 Å². The number of carbonyl (C=O) groups excluding carboxylic acids is 1. The Bertz CT molecular complexity index is 993. The van der Waals surface area contributed by atoms with E-state index in [2.05, 4.69) is 10.3 Å². The minimum absolute atomic E-state index is 0.182. The van der Waals surface area contributed by atoms with Gasteiger partial charge in [0, 0.05) is 12.7 Å². The number of benzene rings is 2. The van der Waals surface area contributed by atoms with Crippen LogP contribution in [0.1, 0.15) is 22.7 Å². The van der Waals surface area contributed by atoms with Crippen LogP contribution in [0.15, 0.2) is 66.9 Å². The second-order valence-corrected chi connectivity index (χ2v) is 6.81. The number of amides is 2. The molecule has 0 saturated heterocycles. The summed E-state index contributed by atoms with van der Waals surface area (Å²) in [5.74, 6) is 1.88. The van der Waals surface area contributed by atoms with Crippen LogP contribution in [-0.2, 0) is 6.42 Å². The zero-order valence-corrected chi connectivity index (χ0v) is 16.5. The third kappa shape index (κ3) is 3.74. The first-order valence-corrected chi connectivity index (χ1v) is 9.49. The van der Waals surface area contributed by atoms with E-state index in [4.69, 9.17) is 9.47 Å². The summed E-state index contributed by atoms with van der Waals surface area (Å²) >= 11 is 0. The maximum atomic E-state index is 13.2. The topological polar surface area (TPSA) is 63.7 Å². The molecule has 2 aromatic carbocycles. The highest BCUT2D eigenvalue weighted by Crippen LogP contribution is 2.41. The summed E-state index contributed by atoms with van der Waals surface area (Å²) in [5, 5.41) is 2.91. The zero-order chi connectivity index (χ0) is 20.2. The molecule has 0 bridgehead atoms. The lowest BCUT2D eigenvalue weighted by molar-refractivity contribution is 0.193. The van der Waals surface area contributed by atoms with Crippen molar-refractivity contribution in [3.05, 3.63) is 83.6 Å². The first-order chi connectivity index (χ1) is 14.2. The lowest BCUT2D eigenvalue weighted by Crippen LogP contribution is -2.43. The molecule has 1 N–H and O–H groups in total. The number of methoxy groups -OCH3 is 2. The van der Waals surface area contributed by atoms with Crippen molar-refractivity contribution in [3.63, 3.8) is 0 Å². The molecule has 0 unspecified atom stereocenters. The van der Waals surface area contributed by atoms with E-state index < -0.39 is 0 Å². The number of nitrogens with zero attached hydrogens (tertiary/aromatic N) is 2. The molecular weight excluding hydrogens is 366 g/mol. The number of hydrogen-bond acceptors (Lipinski definition) is 4. The molecule has 4 rings (SSSR count). The molecule has 6 nitrogen and oxygen atoms in total. The fraction of sp³-hybridized carbons (Fsp3) is 0.217. The highest BCUT2D eigenvalue weighted by Gasteiger charge is 2.33. The number of anilines is 1. The van der Waals surface area contributed by atoms with Gasteiger partial charge in [-0.25, -0.2) is 9.78 Å². The van der Waals surface area contributed by atoms with E-state index in [0.29, 0.717) is 23.9 Å². The van der Waals surface area contributed by atoms with Crippen LogP contribution in [-0.4, -0.2) is 36.7 Å². The third-order valence-corrected chi connectivity index (χ3v) is 5.15. The van der Waals surface area contributed by atoms with Gasteiger partial charge in [0.15, 0.2) is 11.5 Å².